The number of rotatable bonds is 0. The van der Waals surface area contributed by atoms with Crippen LogP contribution in [0.4, 0.5) is 22.7 Å². The third-order valence-corrected chi connectivity index (χ3v) is 5.00. The molecule has 0 aromatic heterocycles. The Hall–Kier alpha value is -2.76. The summed E-state index contributed by atoms with van der Waals surface area (Å²) in [6.45, 7) is 5.97. The van der Waals surface area contributed by atoms with Crippen LogP contribution in [0.5, 0.6) is 11.5 Å². The maximum absolute atomic E-state index is 10.0. The average molecular weight is 312 g/mol. The topological polar surface area (TPSA) is 99.0 Å². The first-order chi connectivity index (χ1) is 10.9. The number of anilines is 4. The molecule has 6 N–H and O–H groups in total. The zero-order valence-electron chi connectivity index (χ0n) is 13.2. The van der Waals surface area contributed by atoms with Crippen molar-refractivity contribution in [3.63, 3.8) is 0 Å². The summed E-state index contributed by atoms with van der Waals surface area (Å²) in [5.41, 5.74) is 18.9. The molecule has 0 radical (unpaired) electrons. The molecule has 0 unspecified atom stereocenters. The van der Waals surface area contributed by atoms with E-state index in [2.05, 4.69) is 9.80 Å². The van der Waals surface area contributed by atoms with E-state index < -0.39 is 0 Å². The minimum absolute atomic E-state index is 0.130. The van der Waals surface area contributed by atoms with Crippen LogP contribution in [0.25, 0.3) is 0 Å². The van der Waals surface area contributed by atoms with E-state index in [-0.39, 0.29) is 11.5 Å². The molecule has 2 aliphatic rings. The van der Waals surface area contributed by atoms with Gasteiger partial charge in [0.15, 0.2) is 0 Å². The predicted octanol–water partition coefficient (Wildman–Crippen LogP) is 2.18. The number of benzene rings is 2. The van der Waals surface area contributed by atoms with Crippen molar-refractivity contribution in [2.45, 2.75) is 26.9 Å². The number of fused-ring (bicyclic) bond motifs is 6. The van der Waals surface area contributed by atoms with Crippen LogP contribution in [0.2, 0.25) is 0 Å². The zero-order chi connectivity index (χ0) is 16.5. The summed E-state index contributed by atoms with van der Waals surface area (Å²) < 4.78 is 0. The number of nitrogens with two attached hydrogens (primary N) is 2. The van der Waals surface area contributed by atoms with Gasteiger partial charge in [-0.3, -0.25) is 0 Å². The second kappa shape index (κ2) is 4.38. The smallest absolute Gasteiger partial charge is 0.139 e. The second-order valence-corrected chi connectivity index (χ2v) is 6.42. The Morgan fingerprint density at radius 3 is 1.61 bits per heavy atom. The molecule has 2 aromatic carbocycles. The molecule has 23 heavy (non-hydrogen) atoms. The Labute approximate surface area is 134 Å². The molecule has 0 spiro atoms. The Morgan fingerprint density at radius 1 is 0.826 bits per heavy atom. The van der Waals surface area contributed by atoms with Gasteiger partial charge in [0, 0.05) is 24.5 Å². The number of phenols is 2. The van der Waals surface area contributed by atoms with E-state index >= 15 is 0 Å². The van der Waals surface area contributed by atoms with Crippen molar-refractivity contribution in [1.29, 1.82) is 0 Å². The van der Waals surface area contributed by atoms with Crippen molar-refractivity contribution in [2.75, 3.05) is 27.9 Å². The van der Waals surface area contributed by atoms with E-state index in [1.165, 1.54) is 0 Å². The summed E-state index contributed by atoms with van der Waals surface area (Å²) in [4.78, 5) is 4.45. The van der Waals surface area contributed by atoms with E-state index in [1.54, 1.807) is 12.1 Å². The minimum atomic E-state index is 0.130. The molecule has 2 aliphatic heterocycles. The van der Waals surface area contributed by atoms with Gasteiger partial charge in [0.25, 0.3) is 0 Å². The lowest BCUT2D eigenvalue weighted by molar-refractivity contribution is 0.475. The second-order valence-electron chi connectivity index (χ2n) is 6.42. The molecule has 2 bridgehead atoms. The maximum Gasteiger partial charge on any atom is 0.139 e. The van der Waals surface area contributed by atoms with Gasteiger partial charge in [-0.25, -0.2) is 0 Å². The largest absolute Gasteiger partial charge is 0.506 e. The first kappa shape index (κ1) is 13.9. The third-order valence-electron chi connectivity index (χ3n) is 5.00. The monoisotopic (exact) mass is 312 g/mol. The van der Waals surface area contributed by atoms with Crippen LogP contribution in [0, 0.1) is 13.8 Å². The molecular weight excluding hydrogens is 292 g/mol. The summed E-state index contributed by atoms with van der Waals surface area (Å²) >= 11 is 0. The molecular formula is C17H20N4O2. The van der Waals surface area contributed by atoms with Crippen molar-refractivity contribution in [2.24, 2.45) is 0 Å². The summed E-state index contributed by atoms with van der Waals surface area (Å²) in [5, 5.41) is 20.1. The summed E-state index contributed by atoms with van der Waals surface area (Å²) in [5.74, 6) is 0.261. The van der Waals surface area contributed by atoms with Gasteiger partial charge in [-0.1, -0.05) is 0 Å². The third kappa shape index (κ3) is 1.75. The van der Waals surface area contributed by atoms with Gasteiger partial charge in [-0.15, -0.1) is 0 Å². The van der Waals surface area contributed by atoms with Crippen LogP contribution in [0.3, 0.4) is 0 Å². The lowest BCUT2D eigenvalue weighted by Crippen LogP contribution is -2.47. The number of phenolic OH excluding ortho intramolecular Hbond substituents is 2. The highest BCUT2D eigenvalue weighted by Gasteiger charge is 2.33. The molecule has 0 atom stereocenters. The average Bonchev–Trinajstić information content (AvgIpc) is 2.50. The Morgan fingerprint density at radius 2 is 1.22 bits per heavy atom. The van der Waals surface area contributed by atoms with E-state index in [4.69, 9.17) is 11.5 Å². The summed E-state index contributed by atoms with van der Waals surface area (Å²) in [7, 11) is 0. The van der Waals surface area contributed by atoms with E-state index in [0.717, 1.165) is 40.3 Å². The van der Waals surface area contributed by atoms with Gasteiger partial charge < -0.3 is 31.5 Å². The number of nitrogens with zero attached hydrogens (tertiary/aromatic N) is 2. The van der Waals surface area contributed by atoms with Crippen LogP contribution in [-0.4, -0.2) is 16.9 Å². The van der Waals surface area contributed by atoms with E-state index in [1.807, 2.05) is 13.8 Å². The Kier molecular flexibility index (Phi) is 2.64. The SMILES string of the molecule is Cc1c(N)c(O)cc2c1N1Cc3cc(O)c(N)c(C)c3N(C2)C1. The number of hydrogen-bond donors (Lipinski definition) is 4. The van der Waals surface area contributed by atoms with Crippen molar-refractivity contribution in [1.82, 2.24) is 0 Å². The molecule has 6 heteroatoms. The Balaban J connectivity index is 1.91. The predicted molar refractivity (Wildman–Crippen MR) is 91.7 cm³/mol. The maximum atomic E-state index is 10.0. The standard InChI is InChI=1S/C17H20N4O2/c1-8-14(18)12(22)3-10-5-21-7-20(16(8)10)6-11-4-13(23)15(19)9(2)17(11)21/h3-4,22-23H,5-7,18-19H2,1-2H3. The molecule has 0 saturated heterocycles. The molecule has 2 heterocycles. The van der Waals surface area contributed by atoms with Crippen molar-refractivity contribution >= 4 is 22.7 Å². The van der Waals surface area contributed by atoms with E-state index in [0.29, 0.717) is 24.5 Å². The molecule has 2 aromatic rings. The fourth-order valence-electron chi connectivity index (χ4n) is 3.88. The quantitative estimate of drug-likeness (QED) is 0.439. The minimum Gasteiger partial charge on any atom is -0.506 e. The first-order valence-electron chi connectivity index (χ1n) is 7.60. The van der Waals surface area contributed by atoms with Crippen molar-refractivity contribution in [3.8, 4) is 11.5 Å². The highest BCUT2D eigenvalue weighted by molar-refractivity contribution is 5.81. The molecule has 0 saturated carbocycles. The van der Waals surface area contributed by atoms with Crippen LogP contribution in [0.15, 0.2) is 12.1 Å². The normalized spacial score (nSPS) is 15.4. The van der Waals surface area contributed by atoms with Gasteiger partial charge in [0.2, 0.25) is 0 Å². The van der Waals surface area contributed by atoms with Crippen LogP contribution in [0.1, 0.15) is 22.3 Å². The van der Waals surface area contributed by atoms with Crippen LogP contribution in [-0.2, 0) is 13.1 Å². The van der Waals surface area contributed by atoms with Gasteiger partial charge in [0.1, 0.15) is 11.5 Å². The number of aromatic hydroxyl groups is 2. The summed E-state index contributed by atoms with van der Waals surface area (Å²) in [6, 6.07) is 3.50. The molecule has 4 rings (SSSR count). The number of hydrogen-bond acceptors (Lipinski definition) is 6. The lowest BCUT2D eigenvalue weighted by atomic mass is 9.95. The molecule has 0 amide bonds. The molecule has 6 nitrogen and oxygen atoms in total. The number of nitrogen functional groups attached to an aromatic ring is 2. The Bertz CT molecular complexity index is 778. The highest BCUT2D eigenvalue weighted by Crippen LogP contribution is 2.46. The van der Waals surface area contributed by atoms with Crippen LogP contribution < -0.4 is 21.3 Å². The molecule has 120 valence electrons. The lowest BCUT2D eigenvalue weighted by Gasteiger charge is -2.46. The first-order valence-corrected chi connectivity index (χ1v) is 7.60. The van der Waals surface area contributed by atoms with Gasteiger partial charge in [0.05, 0.1) is 18.0 Å². The van der Waals surface area contributed by atoms with Gasteiger partial charge in [-0.05, 0) is 48.2 Å². The summed E-state index contributed by atoms with van der Waals surface area (Å²) in [6.07, 6.45) is 0. The van der Waals surface area contributed by atoms with Crippen LogP contribution >= 0.6 is 0 Å². The fraction of sp³-hybridized carbons (Fsp3) is 0.294. The van der Waals surface area contributed by atoms with Gasteiger partial charge >= 0.3 is 0 Å². The van der Waals surface area contributed by atoms with Crippen molar-refractivity contribution in [3.05, 3.63) is 34.4 Å². The van der Waals surface area contributed by atoms with E-state index in [9.17, 15) is 10.2 Å². The highest BCUT2D eigenvalue weighted by atomic mass is 16.3. The molecule has 0 aliphatic carbocycles. The zero-order valence-corrected chi connectivity index (χ0v) is 13.2. The van der Waals surface area contributed by atoms with Crippen molar-refractivity contribution < 1.29 is 10.2 Å². The fourth-order valence-corrected chi connectivity index (χ4v) is 3.88. The van der Waals surface area contributed by atoms with Gasteiger partial charge in [-0.2, -0.15) is 0 Å². The molecule has 0 fully saturated rings.